The van der Waals surface area contributed by atoms with E-state index in [9.17, 15) is 9.59 Å². The van der Waals surface area contributed by atoms with E-state index in [2.05, 4.69) is 20.5 Å². The molecule has 7 nitrogen and oxygen atoms in total. The normalized spacial score (nSPS) is 22.2. The molecule has 0 aromatic carbocycles. The Morgan fingerprint density at radius 2 is 2.22 bits per heavy atom. The van der Waals surface area contributed by atoms with Gasteiger partial charge in [0.15, 0.2) is 0 Å². The highest BCUT2D eigenvalue weighted by atomic mass is 35.5. The Hall–Kier alpha value is -1.70. The lowest BCUT2D eigenvalue weighted by atomic mass is 10.1. The van der Waals surface area contributed by atoms with Gasteiger partial charge in [0.1, 0.15) is 0 Å². The summed E-state index contributed by atoms with van der Waals surface area (Å²) in [5.41, 5.74) is 1.11. The van der Waals surface area contributed by atoms with E-state index in [1.807, 2.05) is 18.3 Å². The Balaban J connectivity index is 0.00000192. The number of aromatic nitrogens is 1. The van der Waals surface area contributed by atoms with Gasteiger partial charge in [-0.3, -0.25) is 19.5 Å². The van der Waals surface area contributed by atoms with E-state index in [0.717, 1.165) is 25.2 Å². The maximum Gasteiger partial charge on any atom is 0.239 e. The van der Waals surface area contributed by atoms with Gasteiger partial charge in [-0.05, 0) is 11.6 Å². The van der Waals surface area contributed by atoms with Gasteiger partial charge < -0.3 is 15.5 Å². The number of hydrogen-bond donors (Lipinski definition) is 2. The molecule has 1 aromatic rings. The Bertz CT molecular complexity index is 542. The number of hydrogen-bond acceptors (Lipinski definition) is 5. The molecule has 2 fully saturated rings. The molecule has 1 atom stereocenters. The number of carbonyl (C=O) groups is 2. The molecule has 2 aliphatic heterocycles. The fourth-order valence-corrected chi connectivity index (χ4v) is 2.96. The molecule has 1 unspecified atom stereocenters. The van der Waals surface area contributed by atoms with Crippen molar-refractivity contribution in [3.63, 3.8) is 0 Å². The van der Waals surface area contributed by atoms with Crippen LogP contribution in [0, 0.1) is 0 Å². The molecule has 8 heteroatoms. The van der Waals surface area contributed by atoms with E-state index in [4.69, 9.17) is 0 Å². The molecule has 0 saturated carbocycles. The molecule has 0 radical (unpaired) electrons. The minimum Gasteiger partial charge on any atom is -0.353 e. The highest BCUT2D eigenvalue weighted by Crippen LogP contribution is 2.21. The van der Waals surface area contributed by atoms with E-state index in [0.29, 0.717) is 19.6 Å². The van der Waals surface area contributed by atoms with Crippen LogP contribution in [0.15, 0.2) is 24.5 Å². The quantitative estimate of drug-likeness (QED) is 0.769. The predicted molar refractivity (Wildman–Crippen MR) is 88.3 cm³/mol. The molecule has 1 aromatic heterocycles. The number of halogens is 1. The summed E-state index contributed by atoms with van der Waals surface area (Å²) >= 11 is 0. The second-order valence-electron chi connectivity index (χ2n) is 5.64. The molecule has 0 bridgehead atoms. The molecule has 2 N–H and O–H groups in total. The number of nitrogens with one attached hydrogen (secondary N) is 2. The van der Waals surface area contributed by atoms with E-state index in [-0.39, 0.29) is 36.8 Å². The van der Waals surface area contributed by atoms with Gasteiger partial charge in [0.2, 0.25) is 11.8 Å². The third-order valence-electron chi connectivity index (χ3n) is 4.15. The first kappa shape index (κ1) is 17.7. The molecule has 23 heavy (non-hydrogen) atoms. The highest BCUT2D eigenvalue weighted by Gasteiger charge is 2.28. The number of rotatable bonds is 3. The Kier molecular flexibility index (Phi) is 6.32. The molecule has 126 valence electrons. The van der Waals surface area contributed by atoms with E-state index in [1.54, 1.807) is 11.1 Å². The largest absolute Gasteiger partial charge is 0.353 e. The summed E-state index contributed by atoms with van der Waals surface area (Å²) in [7, 11) is 0. The van der Waals surface area contributed by atoms with Crippen molar-refractivity contribution in [3.05, 3.63) is 30.1 Å². The maximum atomic E-state index is 12.5. The fourth-order valence-electron chi connectivity index (χ4n) is 2.96. The lowest BCUT2D eigenvalue weighted by Crippen LogP contribution is -2.54. The topological polar surface area (TPSA) is 77.6 Å². The molecular formula is C15H22ClN5O2. The average Bonchev–Trinajstić information content (AvgIpc) is 2.56. The van der Waals surface area contributed by atoms with Crippen molar-refractivity contribution >= 4 is 24.2 Å². The first-order valence-electron chi connectivity index (χ1n) is 7.63. The molecular weight excluding hydrogens is 318 g/mol. The van der Waals surface area contributed by atoms with Crippen molar-refractivity contribution in [1.82, 2.24) is 25.4 Å². The number of carbonyl (C=O) groups excluding carboxylic acids is 2. The van der Waals surface area contributed by atoms with Crippen LogP contribution in [0.5, 0.6) is 0 Å². The van der Waals surface area contributed by atoms with Gasteiger partial charge in [-0.25, -0.2) is 0 Å². The first-order valence-corrected chi connectivity index (χ1v) is 7.63. The summed E-state index contributed by atoms with van der Waals surface area (Å²) in [6, 6.07) is 4.10. The zero-order valence-electron chi connectivity index (χ0n) is 12.9. The molecule has 3 heterocycles. The lowest BCUT2D eigenvalue weighted by molar-refractivity contribution is -0.139. The summed E-state index contributed by atoms with van der Waals surface area (Å²) in [4.78, 5) is 31.9. The molecule has 2 amide bonds. The number of nitrogens with zero attached hydrogens (tertiary/aromatic N) is 3. The standard InChI is InChI=1S/C15H21N5O2.ClH/c21-14-10-20(7-5-18-14)15(22)11-19-6-4-17-9-13(19)12-2-1-3-16-8-12;/h1-3,8,13,17H,4-7,9-11H2,(H,18,21);1H. The van der Waals surface area contributed by atoms with Crippen LogP contribution >= 0.6 is 12.4 Å². The minimum atomic E-state index is -0.0799. The summed E-state index contributed by atoms with van der Waals surface area (Å²) in [5.74, 6) is -0.0608. The van der Waals surface area contributed by atoms with Crippen LogP contribution in [0.25, 0.3) is 0 Å². The van der Waals surface area contributed by atoms with Gasteiger partial charge in [0, 0.05) is 51.2 Å². The molecule has 0 spiro atoms. The van der Waals surface area contributed by atoms with Crippen molar-refractivity contribution in [2.24, 2.45) is 0 Å². The average molecular weight is 340 g/mol. The Morgan fingerprint density at radius 3 is 2.96 bits per heavy atom. The summed E-state index contributed by atoms with van der Waals surface area (Å²) in [6.07, 6.45) is 3.60. The van der Waals surface area contributed by atoms with Gasteiger partial charge >= 0.3 is 0 Å². The maximum absolute atomic E-state index is 12.5. The van der Waals surface area contributed by atoms with Gasteiger partial charge in [-0.15, -0.1) is 12.4 Å². The highest BCUT2D eigenvalue weighted by molar-refractivity contribution is 5.86. The van der Waals surface area contributed by atoms with E-state index < -0.39 is 0 Å². The second kappa shape index (κ2) is 8.24. The van der Waals surface area contributed by atoms with Crippen LogP contribution in [-0.2, 0) is 9.59 Å². The van der Waals surface area contributed by atoms with Crippen LogP contribution in [0.2, 0.25) is 0 Å². The summed E-state index contributed by atoms with van der Waals surface area (Å²) in [6.45, 7) is 4.12. The van der Waals surface area contributed by atoms with E-state index >= 15 is 0 Å². The predicted octanol–water partition coefficient (Wildman–Crippen LogP) is -0.592. The zero-order valence-corrected chi connectivity index (χ0v) is 13.7. The Labute approximate surface area is 141 Å². The van der Waals surface area contributed by atoms with Crippen molar-refractivity contribution in [3.8, 4) is 0 Å². The molecule has 0 aliphatic carbocycles. The van der Waals surface area contributed by atoms with Crippen molar-refractivity contribution < 1.29 is 9.59 Å². The monoisotopic (exact) mass is 339 g/mol. The van der Waals surface area contributed by atoms with Crippen molar-refractivity contribution in [1.29, 1.82) is 0 Å². The lowest BCUT2D eigenvalue weighted by Gasteiger charge is -2.37. The third-order valence-corrected chi connectivity index (χ3v) is 4.15. The van der Waals surface area contributed by atoms with Crippen LogP contribution in [0.3, 0.4) is 0 Å². The van der Waals surface area contributed by atoms with Crippen LogP contribution in [-0.4, -0.2) is 72.4 Å². The number of amides is 2. The summed E-state index contributed by atoms with van der Waals surface area (Å²) < 4.78 is 0. The zero-order chi connectivity index (χ0) is 15.4. The smallest absolute Gasteiger partial charge is 0.239 e. The number of piperazine rings is 2. The van der Waals surface area contributed by atoms with Crippen LogP contribution < -0.4 is 10.6 Å². The van der Waals surface area contributed by atoms with Crippen molar-refractivity contribution in [2.45, 2.75) is 6.04 Å². The summed E-state index contributed by atoms with van der Waals surface area (Å²) in [5, 5.41) is 6.11. The third kappa shape index (κ3) is 4.40. The second-order valence-corrected chi connectivity index (χ2v) is 5.64. The first-order chi connectivity index (χ1) is 10.7. The van der Waals surface area contributed by atoms with Gasteiger partial charge in [-0.1, -0.05) is 6.07 Å². The van der Waals surface area contributed by atoms with Gasteiger partial charge in [0.05, 0.1) is 13.1 Å². The SMILES string of the molecule is Cl.O=C1CN(C(=O)CN2CCNCC2c2cccnc2)CCN1. The minimum absolute atomic E-state index is 0. The molecule has 2 saturated heterocycles. The molecule has 3 rings (SSSR count). The molecule has 2 aliphatic rings. The van der Waals surface area contributed by atoms with E-state index in [1.165, 1.54) is 0 Å². The van der Waals surface area contributed by atoms with Crippen LogP contribution in [0.1, 0.15) is 11.6 Å². The number of pyridine rings is 1. The van der Waals surface area contributed by atoms with Gasteiger partial charge in [0.25, 0.3) is 0 Å². The van der Waals surface area contributed by atoms with Crippen molar-refractivity contribution in [2.75, 3.05) is 45.8 Å². The van der Waals surface area contributed by atoms with Gasteiger partial charge in [-0.2, -0.15) is 0 Å². The Morgan fingerprint density at radius 1 is 1.35 bits per heavy atom. The van der Waals surface area contributed by atoms with Crippen LogP contribution in [0.4, 0.5) is 0 Å². The fraction of sp³-hybridized carbons (Fsp3) is 0.533.